The van der Waals surface area contributed by atoms with Crippen LogP contribution in [0.25, 0.3) is 10.9 Å². The summed E-state index contributed by atoms with van der Waals surface area (Å²) in [5, 5.41) is 6.33. The first-order chi connectivity index (χ1) is 15.3. The Morgan fingerprint density at radius 2 is 1.81 bits per heavy atom. The number of fused-ring (bicyclic) bond motifs is 1. The Kier molecular flexibility index (Phi) is 6.16. The fourth-order valence-corrected chi connectivity index (χ4v) is 3.74. The average Bonchev–Trinajstić information content (AvgIpc) is 2.77. The van der Waals surface area contributed by atoms with Crippen molar-refractivity contribution in [2.45, 2.75) is 32.5 Å². The minimum absolute atomic E-state index is 0.0476. The van der Waals surface area contributed by atoms with Crippen LogP contribution in [0.5, 0.6) is 0 Å². The standard InChI is InChI=1S/C23H24F3N5O/c1-15-10-12-31(13-11-15)21-17(6-8-19(29-21)23(24,25)26)14-27-22(32)30-20-9-7-16-4-2-3-5-18(16)28-20/h2-9,15H,10-14H2,1H3,(H2,27,28,30,32). The van der Waals surface area contributed by atoms with Crippen molar-refractivity contribution in [2.24, 2.45) is 5.92 Å². The van der Waals surface area contributed by atoms with Crippen LogP contribution in [-0.2, 0) is 12.7 Å². The number of benzene rings is 1. The number of para-hydroxylation sites is 1. The number of amides is 2. The number of nitrogens with zero attached hydrogens (tertiary/aromatic N) is 3. The van der Waals surface area contributed by atoms with E-state index in [0.717, 1.165) is 29.8 Å². The monoisotopic (exact) mass is 443 g/mol. The zero-order valence-corrected chi connectivity index (χ0v) is 17.6. The van der Waals surface area contributed by atoms with Gasteiger partial charge in [-0.25, -0.2) is 14.8 Å². The van der Waals surface area contributed by atoms with Gasteiger partial charge in [0.1, 0.15) is 17.3 Å². The summed E-state index contributed by atoms with van der Waals surface area (Å²) in [6, 6.07) is 12.9. The van der Waals surface area contributed by atoms with Gasteiger partial charge in [-0.05, 0) is 43.0 Å². The molecule has 2 aromatic heterocycles. The Morgan fingerprint density at radius 3 is 2.56 bits per heavy atom. The summed E-state index contributed by atoms with van der Waals surface area (Å²) >= 11 is 0. The number of urea groups is 1. The number of pyridine rings is 2. The zero-order chi connectivity index (χ0) is 22.7. The molecule has 3 aromatic rings. The molecule has 0 bridgehead atoms. The molecule has 0 radical (unpaired) electrons. The van der Waals surface area contributed by atoms with E-state index in [9.17, 15) is 18.0 Å². The molecule has 3 heterocycles. The molecular weight excluding hydrogens is 419 g/mol. The molecule has 1 aliphatic rings. The summed E-state index contributed by atoms with van der Waals surface area (Å²) < 4.78 is 39.7. The van der Waals surface area contributed by atoms with Gasteiger partial charge in [-0.3, -0.25) is 5.32 Å². The number of aromatic nitrogens is 2. The van der Waals surface area contributed by atoms with Crippen molar-refractivity contribution >= 4 is 28.6 Å². The third-order valence-corrected chi connectivity index (χ3v) is 5.61. The van der Waals surface area contributed by atoms with Crippen LogP contribution in [0.3, 0.4) is 0 Å². The van der Waals surface area contributed by atoms with E-state index in [0.29, 0.717) is 30.4 Å². The molecule has 0 spiro atoms. The van der Waals surface area contributed by atoms with Gasteiger partial charge in [0.2, 0.25) is 0 Å². The zero-order valence-electron chi connectivity index (χ0n) is 17.6. The fraction of sp³-hybridized carbons (Fsp3) is 0.348. The summed E-state index contributed by atoms with van der Waals surface area (Å²) in [5.41, 5.74) is 0.354. The molecule has 0 unspecified atom stereocenters. The van der Waals surface area contributed by atoms with Crippen molar-refractivity contribution in [3.05, 3.63) is 59.8 Å². The molecule has 1 fully saturated rings. The van der Waals surface area contributed by atoms with Gasteiger partial charge >= 0.3 is 12.2 Å². The maximum atomic E-state index is 13.2. The second-order valence-corrected chi connectivity index (χ2v) is 8.04. The topological polar surface area (TPSA) is 70.2 Å². The smallest absolute Gasteiger partial charge is 0.356 e. The number of nitrogens with one attached hydrogen (secondary N) is 2. The van der Waals surface area contributed by atoms with Gasteiger partial charge < -0.3 is 10.2 Å². The van der Waals surface area contributed by atoms with E-state index >= 15 is 0 Å². The Balaban J connectivity index is 1.48. The predicted molar refractivity (Wildman–Crippen MR) is 117 cm³/mol. The third-order valence-electron chi connectivity index (χ3n) is 5.61. The minimum atomic E-state index is -4.52. The lowest BCUT2D eigenvalue weighted by Crippen LogP contribution is -2.36. The van der Waals surface area contributed by atoms with E-state index in [1.165, 1.54) is 6.07 Å². The van der Waals surface area contributed by atoms with Crippen molar-refractivity contribution in [1.29, 1.82) is 0 Å². The third kappa shape index (κ3) is 5.09. The molecule has 6 nitrogen and oxygen atoms in total. The van der Waals surface area contributed by atoms with Crippen molar-refractivity contribution < 1.29 is 18.0 Å². The van der Waals surface area contributed by atoms with Gasteiger partial charge in [0.05, 0.1) is 5.52 Å². The summed E-state index contributed by atoms with van der Waals surface area (Å²) in [6.07, 6.45) is -2.75. The van der Waals surface area contributed by atoms with Gasteiger partial charge in [-0.1, -0.05) is 31.2 Å². The van der Waals surface area contributed by atoms with Crippen molar-refractivity contribution in [2.75, 3.05) is 23.3 Å². The summed E-state index contributed by atoms with van der Waals surface area (Å²) in [5.74, 6) is 1.19. The lowest BCUT2D eigenvalue weighted by atomic mass is 9.99. The van der Waals surface area contributed by atoms with Crippen LogP contribution in [0.1, 0.15) is 31.0 Å². The maximum Gasteiger partial charge on any atom is 0.433 e. The van der Waals surface area contributed by atoms with Crippen LogP contribution in [0.2, 0.25) is 0 Å². The SMILES string of the molecule is CC1CCN(c2nc(C(F)(F)F)ccc2CNC(=O)Nc2ccc3ccccc3n2)CC1. The van der Waals surface area contributed by atoms with E-state index in [1.54, 1.807) is 6.07 Å². The molecule has 9 heteroatoms. The number of carbonyl (C=O) groups is 1. The van der Waals surface area contributed by atoms with E-state index in [2.05, 4.69) is 27.5 Å². The van der Waals surface area contributed by atoms with Gasteiger partial charge in [-0.2, -0.15) is 13.2 Å². The number of piperidine rings is 1. The molecule has 0 saturated carbocycles. The Morgan fingerprint density at radius 1 is 1.06 bits per heavy atom. The van der Waals surface area contributed by atoms with Crippen LogP contribution >= 0.6 is 0 Å². The Labute approximate surface area is 183 Å². The highest BCUT2D eigenvalue weighted by atomic mass is 19.4. The van der Waals surface area contributed by atoms with Gasteiger partial charge in [0.25, 0.3) is 0 Å². The molecule has 2 amide bonds. The molecule has 1 saturated heterocycles. The van der Waals surface area contributed by atoms with E-state index in [1.807, 2.05) is 35.2 Å². The average molecular weight is 443 g/mol. The maximum absolute atomic E-state index is 13.2. The first-order valence-electron chi connectivity index (χ1n) is 10.5. The largest absolute Gasteiger partial charge is 0.433 e. The normalized spacial score (nSPS) is 15.1. The van der Waals surface area contributed by atoms with Gasteiger partial charge in [0, 0.05) is 30.6 Å². The Hall–Kier alpha value is -3.36. The molecule has 1 aliphatic heterocycles. The molecular formula is C23H24F3N5O. The highest BCUT2D eigenvalue weighted by Gasteiger charge is 2.34. The van der Waals surface area contributed by atoms with Crippen LogP contribution in [-0.4, -0.2) is 29.1 Å². The number of anilines is 2. The highest BCUT2D eigenvalue weighted by molar-refractivity contribution is 5.90. The van der Waals surface area contributed by atoms with Crippen molar-refractivity contribution in [1.82, 2.24) is 15.3 Å². The van der Waals surface area contributed by atoms with Gasteiger partial charge in [-0.15, -0.1) is 0 Å². The lowest BCUT2D eigenvalue weighted by molar-refractivity contribution is -0.141. The molecule has 2 N–H and O–H groups in total. The number of hydrogen-bond acceptors (Lipinski definition) is 4. The van der Waals surface area contributed by atoms with Crippen LogP contribution < -0.4 is 15.5 Å². The van der Waals surface area contributed by atoms with Crippen molar-refractivity contribution in [3.8, 4) is 0 Å². The predicted octanol–water partition coefficient (Wildman–Crippen LogP) is 5.21. The molecule has 0 aliphatic carbocycles. The number of alkyl halides is 3. The number of halogens is 3. The summed E-state index contributed by atoms with van der Waals surface area (Å²) in [7, 11) is 0. The van der Waals surface area contributed by atoms with Gasteiger partial charge in [0.15, 0.2) is 0 Å². The first-order valence-corrected chi connectivity index (χ1v) is 10.5. The van der Waals surface area contributed by atoms with Crippen LogP contribution in [0, 0.1) is 5.92 Å². The molecule has 0 atom stereocenters. The second kappa shape index (κ2) is 9.02. The number of rotatable bonds is 4. The molecule has 168 valence electrons. The molecule has 1 aromatic carbocycles. The van der Waals surface area contributed by atoms with Crippen molar-refractivity contribution in [3.63, 3.8) is 0 Å². The van der Waals surface area contributed by atoms with Crippen LogP contribution in [0.4, 0.5) is 29.6 Å². The lowest BCUT2D eigenvalue weighted by Gasteiger charge is -2.33. The number of carbonyl (C=O) groups excluding carboxylic acids is 1. The highest BCUT2D eigenvalue weighted by Crippen LogP contribution is 2.32. The van der Waals surface area contributed by atoms with E-state index in [-0.39, 0.29) is 12.4 Å². The molecule has 4 rings (SSSR count). The minimum Gasteiger partial charge on any atom is -0.356 e. The van der Waals surface area contributed by atoms with Crippen LogP contribution in [0.15, 0.2) is 48.5 Å². The van der Waals surface area contributed by atoms with E-state index in [4.69, 9.17) is 0 Å². The summed E-state index contributed by atoms with van der Waals surface area (Å²) in [6.45, 7) is 3.45. The number of hydrogen-bond donors (Lipinski definition) is 2. The Bertz CT molecular complexity index is 1110. The fourth-order valence-electron chi connectivity index (χ4n) is 3.74. The van der Waals surface area contributed by atoms with E-state index < -0.39 is 17.9 Å². The quantitative estimate of drug-likeness (QED) is 0.581. The first kappa shape index (κ1) is 21.9. The molecule has 32 heavy (non-hydrogen) atoms. The second-order valence-electron chi connectivity index (χ2n) is 8.04. The summed E-state index contributed by atoms with van der Waals surface area (Å²) in [4.78, 5) is 22.6.